The first-order valence-corrected chi connectivity index (χ1v) is 6.00. The molecule has 0 heterocycles. The first-order valence-electron chi connectivity index (χ1n) is 5.18. The predicted octanol–water partition coefficient (Wildman–Crippen LogP) is 3.60. The van der Waals surface area contributed by atoms with Gasteiger partial charge in [0.15, 0.2) is 5.75 Å². The lowest BCUT2D eigenvalue weighted by molar-refractivity contribution is 0.466. The fourth-order valence-corrected chi connectivity index (χ4v) is 2.11. The molecule has 0 saturated carbocycles. The standard InChI is InChI=1S/C11H17NOS2/c1-7(2)5-4-6-12(3)8-9(13)11(15)10(8)14/h7,13H,4-6H2,1-3H3. The van der Waals surface area contributed by atoms with E-state index in [9.17, 15) is 5.11 Å². The minimum absolute atomic E-state index is 0.196. The largest absolute Gasteiger partial charge is 0.504 e. The Morgan fingerprint density at radius 3 is 2.33 bits per heavy atom. The second-order valence-electron chi connectivity index (χ2n) is 4.31. The van der Waals surface area contributed by atoms with Gasteiger partial charge in [0.05, 0.1) is 4.51 Å². The molecule has 0 amide bonds. The molecule has 0 radical (unpaired) electrons. The Labute approximate surface area is 101 Å². The SMILES string of the molecule is CC(C)CCCN(C)c1c(O)c(=S)c1=S. The number of nitrogens with zero attached hydrogens (tertiary/aromatic N) is 1. The predicted molar refractivity (Wildman–Crippen MR) is 69.5 cm³/mol. The lowest BCUT2D eigenvalue weighted by Gasteiger charge is -2.23. The van der Waals surface area contributed by atoms with Crippen molar-refractivity contribution in [2.75, 3.05) is 18.5 Å². The first-order chi connectivity index (χ1) is 6.95. The summed E-state index contributed by atoms with van der Waals surface area (Å²) in [6.07, 6.45) is 2.30. The maximum Gasteiger partial charge on any atom is 0.160 e. The number of anilines is 1. The summed E-state index contributed by atoms with van der Waals surface area (Å²) in [5.74, 6) is 0.914. The van der Waals surface area contributed by atoms with Gasteiger partial charge in [0.1, 0.15) is 10.2 Å². The molecule has 0 aliphatic rings. The quantitative estimate of drug-likeness (QED) is 0.798. The average Bonchev–Trinajstić information content (AvgIpc) is 2.17. The Bertz CT molecular complexity index is 405. The fourth-order valence-electron chi connectivity index (χ4n) is 1.57. The molecule has 0 saturated heterocycles. The highest BCUT2D eigenvalue weighted by molar-refractivity contribution is 7.74. The van der Waals surface area contributed by atoms with E-state index in [1.807, 2.05) is 11.9 Å². The molecule has 15 heavy (non-hydrogen) atoms. The Balaban J connectivity index is 2.52. The lowest BCUT2D eigenvalue weighted by Crippen LogP contribution is -2.20. The van der Waals surface area contributed by atoms with Crippen LogP contribution >= 0.6 is 24.4 Å². The Hall–Kier alpha value is -0.480. The minimum Gasteiger partial charge on any atom is -0.504 e. The summed E-state index contributed by atoms with van der Waals surface area (Å²) in [6.45, 7) is 5.33. The molecule has 0 fully saturated rings. The van der Waals surface area contributed by atoms with Gasteiger partial charge in [-0.25, -0.2) is 0 Å². The summed E-state index contributed by atoms with van der Waals surface area (Å²) in [7, 11) is 1.94. The van der Waals surface area contributed by atoms with E-state index in [4.69, 9.17) is 24.4 Å². The number of hydrogen-bond donors (Lipinski definition) is 1. The third kappa shape index (κ3) is 2.75. The van der Waals surface area contributed by atoms with Gasteiger partial charge in [0, 0.05) is 13.6 Å². The van der Waals surface area contributed by atoms with Crippen molar-refractivity contribution >= 4 is 30.1 Å². The van der Waals surface area contributed by atoms with Crippen LogP contribution in [0.2, 0.25) is 0 Å². The van der Waals surface area contributed by atoms with Crippen molar-refractivity contribution in [3.63, 3.8) is 0 Å². The highest BCUT2D eigenvalue weighted by Crippen LogP contribution is 2.36. The molecular formula is C11H17NOS2. The van der Waals surface area contributed by atoms with E-state index < -0.39 is 0 Å². The highest BCUT2D eigenvalue weighted by atomic mass is 32.1. The fraction of sp³-hybridized carbons (Fsp3) is 0.636. The molecule has 0 aliphatic carbocycles. The van der Waals surface area contributed by atoms with E-state index >= 15 is 0 Å². The van der Waals surface area contributed by atoms with Crippen molar-refractivity contribution in [3.05, 3.63) is 9.02 Å². The summed E-state index contributed by atoms with van der Waals surface area (Å²) in [4.78, 5) is 2.00. The summed E-state index contributed by atoms with van der Waals surface area (Å²) in [6, 6.07) is 0. The van der Waals surface area contributed by atoms with Gasteiger partial charge in [0.25, 0.3) is 0 Å². The maximum atomic E-state index is 9.53. The van der Waals surface area contributed by atoms with Crippen LogP contribution in [0.25, 0.3) is 0 Å². The van der Waals surface area contributed by atoms with Gasteiger partial charge in [-0.15, -0.1) is 0 Å². The molecule has 1 rings (SSSR count). The van der Waals surface area contributed by atoms with Crippen LogP contribution in [0.15, 0.2) is 0 Å². The van der Waals surface area contributed by atoms with E-state index in [2.05, 4.69) is 13.8 Å². The van der Waals surface area contributed by atoms with Crippen molar-refractivity contribution in [3.8, 4) is 5.75 Å². The highest BCUT2D eigenvalue weighted by Gasteiger charge is 2.16. The van der Waals surface area contributed by atoms with Crippen molar-refractivity contribution < 1.29 is 5.11 Å². The maximum absolute atomic E-state index is 9.53. The zero-order valence-corrected chi connectivity index (χ0v) is 11.0. The van der Waals surface area contributed by atoms with E-state index in [0.29, 0.717) is 9.02 Å². The second kappa shape index (κ2) is 5.03. The Morgan fingerprint density at radius 1 is 1.27 bits per heavy atom. The Morgan fingerprint density at radius 2 is 1.87 bits per heavy atom. The molecule has 0 aromatic heterocycles. The first kappa shape index (κ1) is 12.6. The molecule has 0 unspecified atom stereocenters. The summed E-state index contributed by atoms with van der Waals surface area (Å²) in [5, 5.41) is 9.53. The monoisotopic (exact) mass is 243 g/mol. The summed E-state index contributed by atoms with van der Waals surface area (Å²) in [5.41, 5.74) is 0.749. The molecule has 0 aliphatic heterocycles. The molecule has 1 aromatic rings. The van der Waals surface area contributed by atoms with Crippen LogP contribution in [0, 0.1) is 14.9 Å². The average molecular weight is 243 g/mol. The normalized spacial score (nSPS) is 11.2. The molecule has 0 atom stereocenters. The van der Waals surface area contributed by atoms with Crippen molar-refractivity contribution in [1.82, 2.24) is 0 Å². The smallest absolute Gasteiger partial charge is 0.160 e. The minimum atomic E-state index is 0.196. The van der Waals surface area contributed by atoms with Gasteiger partial charge < -0.3 is 10.0 Å². The zero-order chi connectivity index (χ0) is 11.6. The molecule has 0 bridgehead atoms. The van der Waals surface area contributed by atoms with Crippen LogP contribution in [-0.2, 0) is 0 Å². The van der Waals surface area contributed by atoms with Crippen molar-refractivity contribution in [1.29, 1.82) is 0 Å². The zero-order valence-electron chi connectivity index (χ0n) is 9.41. The van der Waals surface area contributed by atoms with Crippen LogP contribution in [0.4, 0.5) is 5.69 Å². The van der Waals surface area contributed by atoms with E-state index in [-0.39, 0.29) is 5.75 Å². The summed E-state index contributed by atoms with van der Waals surface area (Å²) < 4.78 is 1.07. The van der Waals surface area contributed by atoms with Crippen LogP contribution in [0.5, 0.6) is 5.75 Å². The van der Waals surface area contributed by atoms with Gasteiger partial charge in [-0.05, 0) is 18.8 Å². The summed E-state index contributed by atoms with van der Waals surface area (Å²) >= 11 is 9.99. The number of hydrogen-bond acceptors (Lipinski definition) is 4. The van der Waals surface area contributed by atoms with Gasteiger partial charge in [0.2, 0.25) is 0 Å². The van der Waals surface area contributed by atoms with Gasteiger partial charge in [-0.1, -0.05) is 38.3 Å². The number of aromatic hydroxyl groups is 1. The third-order valence-corrected chi connectivity index (χ3v) is 3.44. The van der Waals surface area contributed by atoms with Crippen molar-refractivity contribution in [2.45, 2.75) is 26.7 Å². The van der Waals surface area contributed by atoms with E-state index in [0.717, 1.165) is 24.6 Å². The van der Waals surface area contributed by atoms with Gasteiger partial charge in [-0.2, -0.15) is 0 Å². The van der Waals surface area contributed by atoms with Gasteiger partial charge >= 0.3 is 0 Å². The third-order valence-electron chi connectivity index (χ3n) is 2.52. The molecule has 0 spiro atoms. The van der Waals surface area contributed by atoms with Gasteiger partial charge in [-0.3, -0.25) is 0 Å². The van der Waals surface area contributed by atoms with Crippen LogP contribution in [-0.4, -0.2) is 18.7 Å². The van der Waals surface area contributed by atoms with E-state index in [1.165, 1.54) is 6.42 Å². The van der Waals surface area contributed by atoms with Crippen LogP contribution < -0.4 is 4.90 Å². The number of rotatable bonds is 5. The molecule has 1 aromatic carbocycles. The topological polar surface area (TPSA) is 23.5 Å². The molecule has 1 N–H and O–H groups in total. The van der Waals surface area contributed by atoms with Crippen molar-refractivity contribution in [2.24, 2.45) is 5.92 Å². The Kier molecular flexibility index (Phi) is 4.22. The molecule has 4 heteroatoms. The van der Waals surface area contributed by atoms with Crippen LogP contribution in [0.1, 0.15) is 26.7 Å². The molecule has 84 valence electrons. The van der Waals surface area contributed by atoms with E-state index in [1.54, 1.807) is 0 Å². The molecule has 2 nitrogen and oxygen atoms in total. The lowest BCUT2D eigenvalue weighted by atomic mass is 10.1. The molecular weight excluding hydrogens is 226 g/mol. The van der Waals surface area contributed by atoms with Crippen LogP contribution in [0.3, 0.4) is 0 Å². The second-order valence-corrected chi connectivity index (χ2v) is 5.13.